The van der Waals surface area contributed by atoms with E-state index in [2.05, 4.69) is 10.3 Å². The molecule has 1 unspecified atom stereocenters. The fourth-order valence-corrected chi connectivity index (χ4v) is 5.15. The lowest BCUT2D eigenvalue weighted by Gasteiger charge is -2.40. The maximum absolute atomic E-state index is 13.7. The molecule has 2 saturated heterocycles. The van der Waals surface area contributed by atoms with E-state index in [1.165, 1.54) is 9.47 Å². The van der Waals surface area contributed by atoms with Crippen LogP contribution in [0.4, 0.5) is 13.6 Å². The molecule has 2 aliphatic rings. The van der Waals surface area contributed by atoms with Gasteiger partial charge in [0.1, 0.15) is 0 Å². The summed E-state index contributed by atoms with van der Waals surface area (Å²) in [6.07, 6.45) is -3.47. The summed E-state index contributed by atoms with van der Waals surface area (Å²) in [6, 6.07) is 5.44. The number of Topliss-reactive ketones (excluding diaryl/α,β-unsaturated/α-hetero) is 1. The number of rotatable bonds is 8. The monoisotopic (exact) mass is 521 g/mol. The van der Waals surface area contributed by atoms with Gasteiger partial charge in [0.15, 0.2) is 5.82 Å². The number of ketones is 1. The number of carbonyl (C=O) groups excluding carboxylic acids is 2. The first-order valence-corrected chi connectivity index (χ1v) is 12.5. The topological polar surface area (TPSA) is 117 Å². The van der Waals surface area contributed by atoms with Crippen LogP contribution in [0.1, 0.15) is 30.9 Å². The fraction of sp³-hybridized carbons (Fsp3) is 0.600. The number of halogens is 2. The highest BCUT2D eigenvalue weighted by atomic mass is 19.3. The standard InChI is InChI=1S/C25H33F2N5O5/c1-15(2)21(22(33)23-29-18-5-3-4-6-19(18)32(23)14-20(26)27)28-17-11-16(12-31(13-17)25(35)36)24(34)30-7-9-37-10-8-30/h3-6,15-17,20-21,28H,7-14H2,1-2H3,(H,35,36)/t16-,17+,21?/m1/s1. The number of alkyl halides is 2. The van der Waals surface area contributed by atoms with Crippen molar-refractivity contribution in [3.8, 4) is 0 Å². The van der Waals surface area contributed by atoms with Gasteiger partial charge in [0.2, 0.25) is 11.7 Å². The Hall–Kier alpha value is -3.12. The molecule has 0 bridgehead atoms. The molecule has 202 valence electrons. The number of hydrogen-bond donors (Lipinski definition) is 2. The van der Waals surface area contributed by atoms with Crippen molar-refractivity contribution in [3.63, 3.8) is 0 Å². The number of carbonyl (C=O) groups is 3. The summed E-state index contributed by atoms with van der Waals surface area (Å²) in [5.74, 6) is -1.46. The number of aromatic nitrogens is 2. The predicted octanol–water partition coefficient (Wildman–Crippen LogP) is 2.33. The van der Waals surface area contributed by atoms with Crippen LogP contribution in [0.25, 0.3) is 11.0 Å². The summed E-state index contributed by atoms with van der Waals surface area (Å²) in [6.45, 7) is 4.94. The molecule has 12 heteroatoms. The zero-order valence-corrected chi connectivity index (χ0v) is 21.0. The lowest BCUT2D eigenvalue weighted by molar-refractivity contribution is -0.141. The molecule has 1 aromatic carbocycles. The molecule has 1 aromatic heterocycles. The van der Waals surface area contributed by atoms with Crippen molar-refractivity contribution in [2.24, 2.45) is 11.8 Å². The van der Waals surface area contributed by atoms with Crippen molar-refractivity contribution < 1.29 is 33.0 Å². The van der Waals surface area contributed by atoms with Crippen LogP contribution in [-0.4, -0.2) is 100 Å². The van der Waals surface area contributed by atoms with Crippen LogP contribution in [0.15, 0.2) is 24.3 Å². The Morgan fingerprint density at radius 1 is 1.14 bits per heavy atom. The molecule has 2 fully saturated rings. The van der Waals surface area contributed by atoms with Crippen molar-refractivity contribution in [1.82, 2.24) is 24.7 Å². The van der Waals surface area contributed by atoms with Gasteiger partial charge >= 0.3 is 6.09 Å². The van der Waals surface area contributed by atoms with Crippen LogP contribution in [-0.2, 0) is 16.1 Å². The molecule has 2 amide bonds. The van der Waals surface area contributed by atoms with E-state index in [9.17, 15) is 28.3 Å². The van der Waals surface area contributed by atoms with E-state index < -0.39 is 42.8 Å². The third kappa shape index (κ3) is 6.07. The third-order valence-electron chi connectivity index (χ3n) is 6.95. The molecular weight excluding hydrogens is 488 g/mol. The number of amides is 2. The zero-order chi connectivity index (χ0) is 26.7. The first kappa shape index (κ1) is 26.9. The summed E-state index contributed by atoms with van der Waals surface area (Å²) in [5, 5.41) is 13.0. The summed E-state index contributed by atoms with van der Waals surface area (Å²) in [5.41, 5.74) is 0.888. The minimum absolute atomic E-state index is 0.0699. The number of para-hydroxylation sites is 2. The molecule has 0 aliphatic carbocycles. The zero-order valence-electron chi connectivity index (χ0n) is 21.0. The van der Waals surface area contributed by atoms with Crippen LogP contribution in [0, 0.1) is 11.8 Å². The third-order valence-corrected chi connectivity index (χ3v) is 6.95. The molecular formula is C25H33F2N5O5. The minimum Gasteiger partial charge on any atom is -0.465 e. The number of ether oxygens (including phenoxy) is 1. The van der Waals surface area contributed by atoms with Gasteiger partial charge in [-0.25, -0.2) is 18.6 Å². The second-order valence-electron chi connectivity index (χ2n) is 9.93. The molecule has 0 saturated carbocycles. The summed E-state index contributed by atoms with van der Waals surface area (Å²) < 4.78 is 33.4. The van der Waals surface area contributed by atoms with E-state index in [-0.39, 0.29) is 30.7 Å². The van der Waals surface area contributed by atoms with Crippen LogP contribution < -0.4 is 5.32 Å². The van der Waals surface area contributed by atoms with Crippen LogP contribution >= 0.6 is 0 Å². The average Bonchev–Trinajstić information content (AvgIpc) is 3.24. The van der Waals surface area contributed by atoms with Gasteiger partial charge in [-0.15, -0.1) is 0 Å². The number of fused-ring (bicyclic) bond motifs is 1. The Labute approximate surface area is 213 Å². The fourth-order valence-electron chi connectivity index (χ4n) is 5.15. The number of benzene rings is 1. The van der Waals surface area contributed by atoms with Crippen LogP contribution in [0.3, 0.4) is 0 Å². The molecule has 3 heterocycles. The molecule has 10 nitrogen and oxygen atoms in total. The second-order valence-corrected chi connectivity index (χ2v) is 9.93. The van der Waals surface area contributed by atoms with E-state index in [1.807, 2.05) is 13.8 Å². The van der Waals surface area contributed by atoms with Crippen molar-refractivity contribution in [2.75, 3.05) is 39.4 Å². The van der Waals surface area contributed by atoms with Gasteiger partial charge in [-0.3, -0.25) is 9.59 Å². The van der Waals surface area contributed by atoms with E-state index in [1.54, 1.807) is 29.2 Å². The summed E-state index contributed by atoms with van der Waals surface area (Å²) >= 11 is 0. The summed E-state index contributed by atoms with van der Waals surface area (Å²) in [4.78, 5) is 46.0. The highest BCUT2D eigenvalue weighted by Gasteiger charge is 2.39. The maximum Gasteiger partial charge on any atom is 0.407 e. The highest BCUT2D eigenvalue weighted by molar-refractivity contribution is 6.00. The van der Waals surface area contributed by atoms with E-state index in [0.29, 0.717) is 43.8 Å². The summed E-state index contributed by atoms with van der Waals surface area (Å²) in [7, 11) is 0. The normalized spacial score (nSPS) is 21.6. The van der Waals surface area contributed by atoms with Crippen LogP contribution in [0.2, 0.25) is 0 Å². The van der Waals surface area contributed by atoms with Gasteiger partial charge in [0.25, 0.3) is 6.43 Å². The largest absolute Gasteiger partial charge is 0.465 e. The van der Waals surface area contributed by atoms with Crippen molar-refractivity contribution >= 4 is 28.8 Å². The SMILES string of the molecule is CC(C)C(N[C@H]1C[C@@H](C(=O)N2CCOCC2)CN(C(=O)O)C1)C(=O)c1nc2ccccc2n1CC(F)F. The number of likely N-dealkylation sites (tertiary alicyclic amines) is 1. The van der Waals surface area contributed by atoms with E-state index in [4.69, 9.17) is 4.74 Å². The highest BCUT2D eigenvalue weighted by Crippen LogP contribution is 2.24. The molecule has 4 rings (SSSR count). The Morgan fingerprint density at radius 3 is 2.49 bits per heavy atom. The van der Waals surface area contributed by atoms with Gasteiger partial charge in [-0.1, -0.05) is 26.0 Å². The van der Waals surface area contributed by atoms with Gasteiger partial charge in [-0.05, 0) is 24.5 Å². The molecule has 2 N–H and O–H groups in total. The molecule has 2 aliphatic heterocycles. The van der Waals surface area contributed by atoms with Crippen LogP contribution in [0.5, 0.6) is 0 Å². The quantitative estimate of drug-likeness (QED) is 0.512. The number of morpholine rings is 1. The van der Waals surface area contributed by atoms with E-state index in [0.717, 1.165) is 0 Å². The number of piperidine rings is 1. The Balaban J connectivity index is 1.58. The van der Waals surface area contributed by atoms with E-state index >= 15 is 0 Å². The van der Waals surface area contributed by atoms with Crippen molar-refractivity contribution in [3.05, 3.63) is 30.1 Å². The lowest BCUT2D eigenvalue weighted by atomic mass is 9.90. The first-order valence-electron chi connectivity index (χ1n) is 12.5. The molecule has 37 heavy (non-hydrogen) atoms. The molecule has 0 radical (unpaired) electrons. The number of carboxylic acid groups (broad SMARTS) is 1. The van der Waals surface area contributed by atoms with Gasteiger partial charge in [0, 0.05) is 32.2 Å². The molecule has 2 aromatic rings. The first-order chi connectivity index (χ1) is 17.7. The maximum atomic E-state index is 13.7. The Morgan fingerprint density at radius 2 is 1.84 bits per heavy atom. The molecule has 0 spiro atoms. The smallest absolute Gasteiger partial charge is 0.407 e. The van der Waals surface area contributed by atoms with Gasteiger partial charge in [0.05, 0.1) is 42.8 Å². The van der Waals surface area contributed by atoms with Crippen molar-refractivity contribution in [1.29, 1.82) is 0 Å². The Kier molecular flexibility index (Phi) is 8.38. The lowest BCUT2D eigenvalue weighted by Crippen LogP contribution is -2.58. The number of nitrogens with zero attached hydrogens (tertiary/aromatic N) is 4. The number of hydrogen-bond acceptors (Lipinski definition) is 6. The number of imidazole rings is 1. The minimum atomic E-state index is -2.68. The average molecular weight is 522 g/mol. The molecule has 3 atom stereocenters. The van der Waals surface area contributed by atoms with Gasteiger partial charge in [-0.2, -0.15) is 0 Å². The Bertz CT molecular complexity index is 1130. The van der Waals surface area contributed by atoms with Gasteiger partial charge < -0.3 is 29.5 Å². The number of nitrogens with one attached hydrogen (secondary N) is 1. The predicted molar refractivity (Wildman–Crippen MR) is 131 cm³/mol. The second kappa shape index (κ2) is 11.5. The van der Waals surface area contributed by atoms with Crippen molar-refractivity contribution in [2.45, 2.75) is 45.3 Å².